The van der Waals surface area contributed by atoms with Gasteiger partial charge in [-0.1, -0.05) is 146 Å². The Bertz CT molecular complexity index is 2790. The Kier molecular flexibility index (Phi) is 5.64. The van der Waals surface area contributed by atoms with Gasteiger partial charge in [-0.25, -0.2) is 0 Å². The minimum Gasteiger partial charge on any atom is -0.456 e. The lowest BCUT2D eigenvalue weighted by Gasteiger charge is -2.18. The summed E-state index contributed by atoms with van der Waals surface area (Å²) < 4.78 is 6.50. The van der Waals surface area contributed by atoms with Crippen LogP contribution in [0.3, 0.4) is 0 Å². The molecule has 0 spiro atoms. The second kappa shape index (κ2) is 10.2. The van der Waals surface area contributed by atoms with Gasteiger partial charge in [-0.3, -0.25) is 0 Å². The Balaban J connectivity index is 1.27. The van der Waals surface area contributed by atoms with Crippen molar-refractivity contribution in [1.82, 2.24) is 0 Å². The van der Waals surface area contributed by atoms with Crippen LogP contribution < -0.4 is 0 Å². The summed E-state index contributed by atoms with van der Waals surface area (Å²) in [5.74, 6) is 0. The summed E-state index contributed by atoms with van der Waals surface area (Å²) in [4.78, 5) is 0. The van der Waals surface area contributed by atoms with Crippen LogP contribution in [0.15, 0.2) is 174 Å². The largest absolute Gasteiger partial charge is 0.456 e. The normalized spacial score (nSPS) is 11.8. The quantitative estimate of drug-likeness (QED) is 0.185. The summed E-state index contributed by atoms with van der Waals surface area (Å²) in [5, 5.41) is 12.3. The topological polar surface area (TPSA) is 13.1 Å². The lowest BCUT2D eigenvalue weighted by molar-refractivity contribution is 0.669. The molecule has 1 nitrogen and oxygen atoms in total. The van der Waals surface area contributed by atoms with Gasteiger partial charge in [-0.05, 0) is 101 Å². The summed E-state index contributed by atoms with van der Waals surface area (Å²) in [6, 6.07) is 61.6. The van der Waals surface area contributed by atoms with Crippen LogP contribution in [0.25, 0.3) is 98.4 Å². The van der Waals surface area contributed by atoms with E-state index < -0.39 is 0 Å². The molecule has 0 radical (unpaired) electrons. The molecular weight excluding hydrogens is 569 g/mol. The molecule has 0 bridgehead atoms. The third kappa shape index (κ3) is 3.97. The van der Waals surface area contributed by atoms with Crippen LogP contribution >= 0.6 is 0 Å². The predicted molar refractivity (Wildman–Crippen MR) is 200 cm³/mol. The molecule has 0 aliphatic heterocycles. The SMILES string of the molecule is c1ccc2cc(-c3c4ccccc4c(-c4ccc5oc6cccc(-c7cccc8ccccc78)c6c5c4)c4ccccc34)ccc2c1. The van der Waals surface area contributed by atoms with E-state index in [0.717, 1.165) is 21.9 Å². The fourth-order valence-electron chi connectivity index (χ4n) is 7.76. The molecule has 0 saturated carbocycles. The number of benzene rings is 9. The molecule has 1 heterocycles. The van der Waals surface area contributed by atoms with Crippen LogP contribution in [0.4, 0.5) is 0 Å². The highest BCUT2D eigenvalue weighted by atomic mass is 16.3. The number of furan rings is 1. The molecule has 0 aliphatic rings. The maximum atomic E-state index is 6.50. The van der Waals surface area contributed by atoms with E-state index in [1.165, 1.54) is 76.5 Å². The van der Waals surface area contributed by atoms with Gasteiger partial charge in [0.1, 0.15) is 11.2 Å². The van der Waals surface area contributed by atoms with E-state index in [0.29, 0.717) is 0 Å². The van der Waals surface area contributed by atoms with Crippen LogP contribution in [0.2, 0.25) is 0 Å². The first-order valence-electron chi connectivity index (χ1n) is 16.2. The molecule has 218 valence electrons. The van der Waals surface area contributed by atoms with Crippen molar-refractivity contribution >= 4 is 65.0 Å². The lowest BCUT2D eigenvalue weighted by atomic mass is 9.85. The first-order valence-corrected chi connectivity index (χ1v) is 16.2. The van der Waals surface area contributed by atoms with Crippen molar-refractivity contribution in [3.8, 4) is 33.4 Å². The van der Waals surface area contributed by atoms with E-state index >= 15 is 0 Å². The van der Waals surface area contributed by atoms with E-state index in [9.17, 15) is 0 Å². The fourth-order valence-corrected chi connectivity index (χ4v) is 7.76. The predicted octanol–water partition coefficient (Wildman–Crippen LogP) is 13.2. The molecule has 47 heavy (non-hydrogen) atoms. The molecule has 0 unspecified atom stereocenters. The fraction of sp³-hybridized carbons (Fsp3) is 0. The summed E-state index contributed by atoms with van der Waals surface area (Å²) in [7, 11) is 0. The summed E-state index contributed by atoms with van der Waals surface area (Å²) >= 11 is 0. The molecule has 1 heteroatoms. The number of fused-ring (bicyclic) bond motifs is 7. The Morgan fingerprint density at radius 3 is 1.55 bits per heavy atom. The third-order valence-corrected chi connectivity index (χ3v) is 9.83. The first kappa shape index (κ1) is 26.1. The molecular formula is C46H28O. The molecule has 10 aromatic rings. The van der Waals surface area contributed by atoms with Gasteiger partial charge >= 0.3 is 0 Å². The highest BCUT2D eigenvalue weighted by Crippen LogP contribution is 2.46. The zero-order valence-corrected chi connectivity index (χ0v) is 25.6. The van der Waals surface area contributed by atoms with Crippen molar-refractivity contribution in [2.45, 2.75) is 0 Å². The molecule has 0 aliphatic carbocycles. The highest BCUT2D eigenvalue weighted by molar-refractivity contribution is 6.23. The Hall–Kier alpha value is -6.18. The van der Waals surface area contributed by atoms with Gasteiger partial charge in [0, 0.05) is 10.8 Å². The Morgan fingerprint density at radius 2 is 0.830 bits per heavy atom. The Morgan fingerprint density at radius 1 is 0.298 bits per heavy atom. The zero-order chi connectivity index (χ0) is 30.9. The summed E-state index contributed by atoms with van der Waals surface area (Å²) in [6.07, 6.45) is 0. The molecule has 1 aromatic heterocycles. The maximum Gasteiger partial charge on any atom is 0.136 e. The lowest BCUT2D eigenvalue weighted by Crippen LogP contribution is -1.91. The smallest absolute Gasteiger partial charge is 0.136 e. The van der Waals surface area contributed by atoms with Crippen LogP contribution in [-0.4, -0.2) is 0 Å². The molecule has 0 saturated heterocycles. The standard InChI is InChI=1S/C46H28O/c1-2-13-31-27-32(24-23-29(31)11-1)44-37-16-5-7-18-39(37)45(40-19-8-6-17-38(40)44)33-25-26-42-41(28-33)46-36(21-10-22-43(46)47-42)35-20-9-14-30-12-3-4-15-34(30)35/h1-28H. The van der Waals surface area contributed by atoms with Crippen LogP contribution in [0.5, 0.6) is 0 Å². The third-order valence-electron chi connectivity index (χ3n) is 9.83. The van der Waals surface area contributed by atoms with E-state index in [4.69, 9.17) is 4.42 Å². The van der Waals surface area contributed by atoms with E-state index in [-0.39, 0.29) is 0 Å². The van der Waals surface area contributed by atoms with E-state index in [1.807, 2.05) is 0 Å². The summed E-state index contributed by atoms with van der Waals surface area (Å²) in [5.41, 5.74) is 9.17. The number of rotatable bonds is 3. The first-order chi connectivity index (χ1) is 23.3. The Labute approximate surface area is 271 Å². The molecule has 0 amide bonds. The molecule has 0 fully saturated rings. The zero-order valence-electron chi connectivity index (χ0n) is 25.6. The molecule has 0 N–H and O–H groups in total. The highest BCUT2D eigenvalue weighted by Gasteiger charge is 2.19. The van der Waals surface area contributed by atoms with Crippen LogP contribution in [-0.2, 0) is 0 Å². The minimum atomic E-state index is 0.901. The molecule has 10 rings (SSSR count). The monoisotopic (exact) mass is 596 g/mol. The van der Waals surface area contributed by atoms with Crippen LogP contribution in [0.1, 0.15) is 0 Å². The van der Waals surface area contributed by atoms with Crippen molar-refractivity contribution < 1.29 is 4.42 Å². The van der Waals surface area contributed by atoms with Crippen LogP contribution in [0, 0.1) is 0 Å². The van der Waals surface area contributed by atoms with Gasteiger partial charge in [0.05, 0.1) is 0 Å². The molecule has 9 aromatic carbocycles. The van der Waals surface area contributed by atoms with Gasteiger partial charge in [-0.2, -0.15) is 0 Å². The van der Waals surface area contributed by atoms with Gasteiger partial charge in [0.25, 0.3) is 0 Å². The van der Waals surface area contributed by atoms with E-state index in [1.54, 1.807) is 0 Å². The minimum absolute atomic E-state index is 0.901. The second-order valence-electron chi connectivity index (χ2n) is 12.4. The van der Waals surface area contributed by atoms with Gasteiger partial charge < -0.3 is 4.42 Å². The van der Waals surface area contributed by atoms with Gasteiger partial charge in [0.2, 0.25) is 0 Å². The van der Waals surface area contributed by atoms with Crippen molar-refractivity contribution in [3.05, 3.63) is 170 Å². The average Bonchev–Trinajstić information content (AvgIpc) is 3.51. The summed E-state index contributed by atoms with van der Waals surface area (Å²) in [6.45, 7) is 0. The molecule has 0 atom stereocenters. The number of hydrogen-bond donors (Lipinski definition) is 0. The van der Waals surface area contributed by atoms with Crippen molar-refractivity contribution in [2.24, 2.45) is 0 Å². The maximum absolute atomic E-state index is 6.50. The van der Waals surface area contributed by atoms with Crippen molar-refractivity contribution in [2.75, 3.05) is 0 Å². The second-order valence-corrected chi connectivity index (χ2v) is 12.4. The average molecular weight is 597 g/mol. The number of hydrogen-bond acceptors (Lipinski definition) is 1. The van der Waals surface area contributed by atoms with E-state index in [2.05, 4.69) is 170 Å². The van der Waals surface area contributed by atoms with Crippen molar-refractivity contribution in [1.29, 1.82) is 0 Å². The van der Waals surface area contributed by atoms with Gasteiger partial charge in [-0.15, -0.1) is 0 Å². The van der Waals surface area contributed by atoms with Crippen molar-refractivity contribution in [3.63, 3.8) is 0 Å². The van der Waals surface area contributed by atoms with Gasteiger partial charge in [0.15, 0.2) is 0 Å².